The van der Waals surface area contributed by atoms with Crippen LogP contribution in [0.4, 0.5) is 4.79 Å². The minimum absolute atomic E-state index is 0.239. The molecule has 0 bridgehead atoms. The van der Waals surface area contributed by atoms with E-state index in [1.807, 2.05) is 26.8 Å². The first-order valence-electron chi connectivity index (χ1n) is 9.22. The number of aromatic nitrogens is 1. The minimum atomic E-state index is -0.464. The van der Waals surface area contributed by atoms with E-state index in [0.717, 1.165) is 36.3 Å². The summed E-state index contributed by atoms with van der Waals surface area (Å²) in [6.07, 6.45) is 2.30. The number of oxazole rings is 1. The molecular weight excluding hydrogens is 332 g/mol. The van der Waals surface area contributed by atoms with Crippen molar-refractivity contribution in [3.05, 3.63) is 29.7 Å². The lowest BCUT2D eigenvalue weighted by atomic mass is 9.97. The molecule has 2 aromatic rings. The number of amides is 1. The van der Waals surface area contributed by atoms with E-state index in [2.05, 4.69) is 12.1 Å². The van der Waals surface area contributed by atoms with Crippen molar-refractivity contribution in [2.45, 2.75) is 51.6 Å². The van der Waals surface area contributed by atoms with Gasteiger partial charge in [0.25, 0.3) is 0 Å². The number of rotatable bonds is 4. The lowest BCUT2D eigenvalue weighted by Gasteiger charge is -2.32. The molecule has 2 heterocycles. The summed E-state index contributed by atoms with van der Waals surface area (Å²) in [4.78, 5) is 18.6. The third-order valence-corrected chi connectivity index (χ3v) is 4.56. The van der Waals surface area contributed by atoms with Crippen LogP contribution in [0.5, 0.6) is 0 Å². The average molecular weight is 360 g/mol. The molecule has 1 amide bonds. The van der Waals surface area contributed by atoms with Crippen LogP contribution >= 0.6 is 0 Å². The van der Waals surface area contributed by atoms with Crippen molar-refractivity contribution in [2.75, 3.05) is 26.8 Å². The number of carbonyl (C=O) groups excluding carboxylic acids is 1. The van der Waals surface area contributed by atoms with Gasteiger partial charge in [-0.1, -0.05) is 6.07 Å². The van der Waals surface area contributed by atoms with Crippen LogP contribution in [0.3, 0.4) is 0 Å². The molecular formula is C20H28N2O4. The molecule has 0 atom stereocenters. The van der Waals surface area contributed by atoms with Crippen molar-refractivity contribution >= 4 is 17.2 Å². The average Bonchev–Trinajstić information content (AvgIpc) is 3.02. The fourth-order valence-electron chi connectivity index (χ4n) is 3.18. The Morgan fingerprint density at radius 1 is 1.31 bits per heavy atom. The van der Waals surface area contributed by atoms with Crippen molar-refractivity contribution < 1.29 is 18.7 Å². The Balaban J connectivity index is 1.63. The summed E-state index contributed by atoms with van der Waals surface area (Å²) < 4.78 is 16.5. The summed E-state index contributed by atoms with van der Waals surface area (Å²) in [5.74, 6) is 1.01. The number of carbonyl (C=O) groups is 1. The zero-order valence-corrected chi connectivity index (χ0v) is 16.1. The molecule has 1 fully saturated rings. The normalized spacial score (nSPS) is 16.2. The van der Waals surface area contributed by atoms with Gasteiger partial charge in [-0.15, -0.1) is 0 Å². The molecule has 1 aliphatic rings. The van der Waals surface area contributed by atoms with Gasteiger partial charge in [-0.3, -0.25) is 0 Å². The smallest absolute Gasteiger partial charge is 0.410 e. The molecule has 0 unspecified atom stereocenters. The van der Waals surface area contributed by atoms with Crippen LogP contribution in [-0.2, 0) is 15.9 Å². The molecule has 1 saturated heterocycles. The number of piperidine rings is 1. The minimum Gasteiger partial charge on any atom is -0.444 e. The zero-order valence-electron chi connectivity index (χ0n) is 16.1. The van der Waals surface area contributed by atoms with Gasteiger partial charge < -0.3 is 18.8 Å². The van der Waals surface area contributed by atoms with E-state index >= 15 is 0 Å². The third-order valence-electron chi connectivity index (χ3n) is 4.56. The maximum absolute atomic E-state index is 12.2. The summed E-state index contributed by atoms with van der Waals surface area (Å²) in [5, 5.41) is 0. The Hall–Kier alpha value is -2.08. The van der Waals surface area contributed by atoms with Crippen molar-refractivity contribution in [3.8, 4) is 0 Å². The first kappa shape index (κ1) is 18.7. The fourth-order valence-corrected chi connectivity index (χ4v) is 3.18. The highest BCUT2D eigenvalue weighted by Gasteiger charge is 2.29. The van der Waals surface area contributed by atoms with Crippen molar-refractivity contribution in [3.63, 3.8) is 0 Å². The molecule has 0 N–H and O–H groups in total. The Bertz CT molecular complexity index is 755. The summed E-state index contributed by atoms with van der Waals surface area (Å²) in [7, 11) is 1.70. The van der Waals surface area contributed by atoms with Gasteiger partial charge in [0.2, 0.25) is 0 Å². The molecule has 6 heteroatoms. The van der Waals surface area contributed by atoms with Crippen LogP contribution < -0.4 is 0 Å². The highest BCUT2D eigenvalue weighted by Crippen LogP contribution is 2.30. The molecule has 1 aromatic carbocycles. The second-order valence-electron chi connectivity index (χ2n) is 7.84. The van der Waals surface area contributed by atoms with Crippen LogP contribution in [0.15, 0.2) is 22.6 Å². The Morgan fingerprint density at radius 3 is 2.69 bits per heavy atom. The SMILES string of the molecule is COCCc1ccc2oc(C3CCN(C(=O)OC(C)(C)C)CC3)nc2c1. The highest BCUT2D eigenvalue weighted by atomic mass is 16.6. The summed E-state index contributed by atoms with van der Waals surface area (Å²) in [5.41, 5.74) is 2.44. The lowest BCUT2D eigenvalue weighted by molar-refractivity contribution is 0.0199. The van der Waals surface area contributed by atoms with Crippen LogP contribution in [0, 0.1) is 0 Å². The third kappa shape index (κ3) is 4.55. The molecule has 0 spiro atoms. The first-order chi connectivity index (χ1) is 12.4. The maximum atomic E-state index is 12.2. The second-order valence-corrected chi connectivity index (χ2v) is 7.84. The highest BCUT2D eigenvalue weighted by molar-refractivity contribution is 5.73. The molecule has 1 aromatic heterocycles. The van der Waals surface area contributed by atoms with E-state index in [0.29, 0.717) is 19.7 Å². The van der Waals surface area contributed by atoms with Crippen molar-refractivity contribution in [1.29, 1.82) is 0 Å². The van der Waals surface area contributed by atoms with E-state index in [9.17, 15) is 4.79 Å². The van der Waals surface area contributed by atoms with Gasteiger partial charge in [-0.05, 0) is 57.7 Å². The van der Waals surface area contributed by atoms with E-state index in [-0.39, 0.29) is 12.0 Å². The van der Waals surface area contributed by atoms with E-state index in [4.69, 9.17) is 18.9 Å². The Morgan fingerprint density at radius 2 is 2.04 bits per heavy atom. The quantitative estimate of drug-likeness (QED) is 0.820. The monoisotopic (exact) mass is 360 g/mol. The number of methoxy groups -OCH3 is 1. The number of hydrogen-bond donors (Lipinski definition) is 0. The van der Waals surface area contributed by atoms with Crippen LogP contribution in [0.2, 0.25) is 0 Å². The zero-order chi connectivity index (χ0) is 18.7. The Kier molecular flexibility index (Phi) is 5.51. The van der Waals surface area contributed by atoms with E-state index < -0.39 is 5.60 Å². The van der Waals surface area contributed by atoms with Crippen molar-refractivity contribution in [1.82, 2.24) is 9.88 Å². The standard InChI is InChI=1S/C20H28N2O4/c1-20(2,3)26-19(23)22-10-7-15(8-11-22)18-21-16-13-14(9-12-24-4)5-6-17(16)25-18/h5-6,13,15H,7-12H2,1-4H3. The van der Waals surface area contributed by atoms with E-state index in [1.165, 1.54) is 5.56 Å². The number of nitrogens with zero attached hydrogens (tertiary/aromatic N) is 2. The second kappa shape index (κ2) is 7.66. The Labute approximate surface area is 154 Å². The van der Waals surface area contributed by atoms with Gasteiger partial charge in [0.15, 0.2) is 11.5 Å². The molecule has 3 rings (SSSR count). The molecule has 0 aliphatic carbocycles. The predicted molar refractivity (Wildman–Crippen MR) is 99.4 cm³/mol. The molecule has 0 saturated carbocycles. The van der Waals surface area contributed by atoms with Gasteiger partial charge >= 0.3 is 6.09 Å². The summed E-state index contributed by atoms with van der Waals surface area (Å²) >= 11 is 0. The summed E-state index contributed by atoms with van der Waals surface area (Å²) in [6.45, 7) is 7.68. The van der Waals surface area contributed by atoms with Gasteiger partial charge in [0, 0.05) is 26.1 Å². The first-order valence-corrected chi connectivity index (χ1v) is 9.22. The number of fused-ring (bicyclic) bond motifs is 1. The van der Waals surface area contributed by atoms with Gasteiger partial charge in [-0.25, -0.2) is 9.78 Å². The van der Waals surface area contributed by atoms with Crippen LogP contribution in [-0.4, -0.2) is 48.4 Å². The maximum Gasteiger partial charge on any atom is 0.410 e. The molecule has 26 heavy (non-hydrogen) atoms. The lowest BCUT2D eigenvalue weighted by Crippen LogP contribution is -2.41. The van der Waals surface area contributed by atoms with Crippen LogP contribution in [0.1, 0.15) is 51.0 Å². The number of likely N-dealkylation sites (tertiary alicyclic amines) is 1. The topological polar surface area (TPSA) is 64.8 Å². The number of ether oxygens (including phenoxy) is 2. The van der Waals surface area contributed by atoms with Gasteiger partial charge in [-0.2, -0.15) is 0 Å². The van der Waals surface area contributed by atoms with Gasteiger partial charge in [0.05, 0.1) is 6.61 Å². The molecule has 0 radical (unpaired) electrons. The fraction of sp³-hybridized carbons (Fsp3) is 0.600. The van der Waals surface area contributed by atoms with Gasteiger partial charge in [0.1, 0.15) is 11.1 Å². The molecule has 1 aliphatic heterocycles. The largest absolute Gasteiger partial charge is 0.444 e. The van der Waals surface area contributed by atoms with E-state index in [1.54, 1.807) is 12.0 Å². The van der Waals surface area contributed by atoms with Crippen LogP contribution in [0.25, 0.3) is 11.1 Å². The summed E-state index contributed by atoms with van der Waals surface area (Å²) in [6, 6.07) is 6.10. The molecule has 6 nitrogen and oxygen atoms in total. The predicted octanol–water partition coefficient (Wildman–Crippen LogP) is 4.13. The van der Waals surface area contributed by atoms with Crippen molar-refractivity contribution in [2.24, 2.45) is 0 Å². The number of hydrogen-bond acceptors (Lipinski definition) is 5. The number of benzene rings is 1. The molecule has 142 valence electrons.